The van der Waals surface area contributed by atoms with Crippen molar-refractivity contribution in [3.63, 3.8) is 0 Å². The third-order valence-electron chi connectivity index (χ3n) is 1.98. The molecule has 0 spiro atoms. The molecule has 1 heterocycles. The van der Waals surface area contributed by atoms with Crippen LogP contribution in [0.5, 0.6) is 0 Å². The van der Waals surface area contributed by atoms with Gasteiger partial charge in [-0.2, -0.15) is 0 Å². The van der Waals surface area contributed by atoms with E-state index in [0.29, 0.717) is 0 Å². The van der Waals surface area contributed by atoms with Gasteiger partial charge in [-0.1, -0.05) is 18.3 Å². The zero-order valence-corrected chi connectivity index (χ0v) is 9.89. The Morgan fingerprint density at radius 2 is 2.14 bits per heavy atom. The summed E-state index contributed by atoms with van der Waals surface area (Å²) in [7, 11) is 0. The van der Waals surface area contributed by atoms with Gasteiger partial charge < -0.3 is 10.2 Å². The first-order valence-corrected chi connectivity index (χ1v) is 5.85. The molecule has 1 N–H and O–H groups in total. The molecule has 0 atom stereocenters. The van der Waals surface area contributed by atoms with Crippen LogP contribution in [0.4, 0.5) is 5.13 Å². The minimum atomic E-state index is 0.986. The summed E-state index contributed by atoms with van der Waals surface area (Å²) in [5, 5.41) is 13.5. The van der Waals surface area contributed by atoms with Crippen LogP contribution < -0.4 is 10.2 Å². The van der Waals surface area contributed by atoms with Gasteiger partial charge in [0.1, 0.15) is 5.01 Å². The van der Waals surface area contributed by atoms with Gasteiger partial charge in [-0.05, 0) is 20.4 Å². The first-order valence-electron chi connectivity index (χ1n) is 5.03. The molecule has 14 heavy (non-hydrogen) atoms. The maximum absolute atomic E-state index is 4.13. The third kappa shape index (κ3) is 3.23. The summed E-state index contributed by atoms with van der Waals surface area (Å²) in [6.07, 6.45) is 0. The molecular weight excluding hydrogens is 196 g/mol. The van der Waals surface area contributed by atoms with E-state index in [1.54, 1.807) is 11.3 Å². The van der Waals surface area contributed by atoms with E-state index in [1.807, 2.05) is 6.92 Å². The Bertz CT molecular complexity index is 261. The van der Waals surface area contributed by atoms with Crippen LogP contribution in [0.1, 0.15) is 18.9 Å². The summed E-state index contributed by atoms with van der Waals surface area (Å²) < 4.78 is 0. The molecule has 1 rings (SSSR count). The van der Waals surface area contributed by atoms with Crippen LogP contribution in [0.25, 0.3) is 0 Å². The van der Waals surface area contributed by atoms with E-state index >= 15 is 0 Å². The number of anilines is 1. The maximum Gasteiger partial charge on any atom is 0.208 e. The van der Waals surface area contributed by atoms with E-state index in [1.165, 1.54) is 0 Å². The predicted molar refractivity (Wildman–Crippen MR) is 61.1 cm³/mol. The van der Waals surface area contributed by atoms with Crippen molar-refractivity contribution in [1.29, 1.82) is 0 Å². The summed E-state index contributed by atoms with van der Waals surface area (Å²) in [4.78, 5) is 2.24. The lowest BCUT2D eigenvalue weighted by Gasteiger charge is -2.18. The number of aromatic nitrogens is 2. The van der Waals surface area contributed by atoms with E-state index in [-0.39, 0.29) is 0 Å². The summed E-state index contributed by atoms with van der Waals surface area (Å²) >= 11 is 1.65. The number of nitrogens with zero attached hydrogens (tertiary/aromatic N) is 3. The summed E-state index contributed by atoms with van der Waals surface area (Å²) in [5.41, 5.74) is 0. The Balaban J connectivity index is 2.45. The predicted octanol–water partition coefficient (Wildman–Crippen LogP) is 1.28. The van der Waals surface area contributed by atoms with Gasteiger partial charge in [0.25, 0.3) is 0 Å². The zero-order valence-electron chi connectivity index (χ0n) is 9.08. The second kappa shape index (κ2) is 5.93. The van der Waals surface area contributed by atoms with Gasteiger partial charge in [-0.3, -0.25) is 0 Å². The fourth-order valence-electron chi connectivity index (χ4n) is 1.19. The van der Waals surface area contributed by atoms with Crippen LogP contribution in [0.15, 0.2) is 0 Å². The topological polar surface area (TPSA) is 41.0 Å². The van der Waals surface area contributed by atoms with E-state index in [2.05, 4.69) is 34.3 Å². The SMILES string of the molecule is CCNCCN(CC)c1nnc(C)s1. The molecule has 0 aromatic carbocycles. The van der Waals surface area contributed by atoms with Gasteiger partial charge >= 0.3 is 0 Å². The lowest BCUT2D eigenvalue weighted by molar-refractivity contribution is 0.685. The number of likely N-dealkylation sites (N-methyl/N-ethyl adjacent to an activating group) is 2. The Morgan fingerprint density at radius 1 is 1.36 bits per heavy atom. The first kappa shape index (κ1) is 11.4. The highest BCUT2D eigenvalue weighted by atomic mass is 32.1. The molecule has 5 heteroatoms. The fraction of sp³-hybridized carbons (Fsp3) is 0.778. The molecule has 0 aliphatic heterocycles. The molecule has 0 unspecified atom stereocenters. The molecule has 0 aliphatic carbocycles. The zero-order chi connectivity index (χ0) is 10.4. The van der Waals surface area contributed by atoms with Gasteiger partial charge in [-0.15, -0.1) is 10.2 Å². The number of hydrogen-bond acceptors (Lipinski definition) is 5. The lowest BCUT2D eigenvalue weighted by Crippen LogP contribution is -2.31. The number of aryl methyl sites for hydroxylation is 1. The highest BCUT2D eigenvalue weighted by Gasteiger charge is 2.08. The molecule has 80 valence electrons. The second-order valence-corrected chi connectivity index (χ2v) is 4.20. The summed E-state index contributed by atoms with van der Waals surface area (Å²) in [5.74, 6) is 0. The molecule has 4 nitrogen and oxygen atoms in total. The van der Waals surface area contributed by atoms with Crippen LogP contribution in [-0.4, -0.2) is 36.4 Å². The Hall–Kier alpha value is -0.680. The van der Waals surface area contributed by atoms with Crippen molar-refractivity contribution < 1.29 is 0 Å². The van der Waals surface area contributed by atoms with Crippen molar-refractivity contribution in [2.75, 3.05) is 31.1 Å². The van der Waals surface area contributed by atoms with E-state index in [9.17, 15) is 0 Å². The standard InChI is InChI=1S/C9H18N4S/c1-4-10-6-7-13(5-2)9-12-11-8(3)14-9/h10H,4-7H2,1-3H3. The minimum Gasteiger partial charge on any atom is -0.346 e. The quantitative estimate of drug-likeness (QED) is 0.724. The van der Waals surface area contributed by atoms with E-state index in [0.717, 1.165) is 36.3 Å². The highest BCUT2D eigenvalue weighted by Crippen LogP contribution is 2.18. The van der Waals surface area contributed by atoms with E-state index in [4.69, 9.17) is 0 Å². The molecule has 0 amide bonds. The van der Waals surface area contributed by atoms with Crippen molar-refractivity contribution in [2.24, 2.45) is 0 Å². The van der Waals surface area contributed by atoms with Crippen molar-refractivity contribution in [3.05, 3.63) is 5.01 Å². The van der Waals surface area contributed by atoms with Crippen molar-refractivity contribution >= 4 is 16.5 Å². The molecule has 0 bridgehead atoms. The Morgan fingerprint density at radius 3 is 2.64 bits per heavy atom. The fourth-order valence-corrected chi connectivity index (χ4v) is 1.97. The monoisotopic (exact) mass is 214 g/mol. The number of nitrogens with one attached hydrogen (secondary N) is 1. The summed E-state index contributed by atoms with van der Waals surface area (Å²) in [6, 6.07) is 0. The van der Waals surface area contributed by atoms with Crippen molar-refractivity contribution in [1.82, 2.24) is 15.5 Å². The molecule has 1 aromatic heterocycles. The Kier molecular flexibility index (Phi) is 4.82. The van der Waals surface area contributed by atoms with Gasteiger partial charge in [0.05, 0.1) is 0 Å². The molecule has 0 fully saturated rings. The van der Waals surface area contributed by atoms with Crippen LogP contribution in [0.2, 0.25) is 0 Å². The molecule has 0 radical (unpaired) electrons. The van der Waals surface area contributed by atoms with Crippen LogP contribution in [0, 0.1) is 6.92 Å². The molecule has 0 aliphatic rings. The molecule has 0 saturated heterocycles. The first-order chi connectivity index (χ1) is 6.77. The Labute approximate surface area is 89.3 Å². The smallest absolute Gasteiger partial charge is 0.208 e. The van der Waals surface area contributed by atoms with Crippen LogP contribution in [-0.2, 0) is 0 Å². The highest BCUT2D eigenvalue weighted by molar-refractivity contribution is 7.15. The molecule has 1 aromatic rings. The average molecular weight is 214 g/mol. The van der Waals surface area contributed by atoms with Crippen molar-refractivity contribution in [3.8, 4) is 0 Å². The van der Waals surface area contributed by atoms with Crippen LogP contribution >= 0.6 is 11.3 Å². The minimum absolute atomic E-state index is 0.986. The molecular formula is C9H18N4S. The lowest BCUT2D eigenvalue weighted by atomic mass is 10.5. The second-order valence-electron chi connectivity index (χ2n) is 3.04. The van der Waals surface area contributed by atoms with E-state index < -0.39 is 0 Å². The average Bonchev–Trinajstić information content (AvgIpc) is 2.60. The molecule has 0 saturated carbocycles. The summed E-state index contributed by atoms with van der Waals surface area (Å²) in [6.45, 7) is 10.3. The van der Waals surface area contributed by atoms with Crippen LogP contribution in [0.3, 0.4) is 0 Å². The third-order valence-corrected chi connectivity index (χ3v) is 2.88. The van der Waals surface area contributed by atoms with Crippen molar-refractivity contribution in [2.45, 2.75) is 20.8 Å². The van der Waals surface area contributed by atoms with Gasteiger partial charge in [0.15, 0.2) is 0 Å². The normalized spacial score (nSPS) is 10.5. The maximum atomic E-state index is 4.13. The van der Waals surface area contributed by atoms with Gasteiger partial charge in [0.2, 0.25) is 5.13 Å². The largest absolute Gasteiger partial charge is 0.346 e. The number of hydrogen-bond donors (Lipinski definition) is 1. The number of rotatable bonds is 6. The van der Waals surface area contributed by atoms with Gasteiger partial charge in [0, 0.05) is 19.6 Å². The van der Waals surface area contributed by atoms with Gasteiger partial charge in [-0.25, -0.2) is 0 Å².